The van der Waals surface area contributed by atoms with Gasteiger partial charge in [0.2, 0.25) is 0 Å². The molecule has 39 nitrogen and oxygen atoms in total. The van der Waals surface area contributed by atoms with Crippen LogP contribution in [0.1, 0.15) is 67.2 Å². The number of unbranched alkanes of at least 4 members (excludes halogenated alkanes) is 1. The van der Waals surface area contributed by atoms with Gasteiger partial charge in [-0.1, -0.05) is 44.6 Å². The van der Waals surface area contributed by atoms with E-state index in [9.17, 15) is 42.7 Å². The molecule has 3 heterocycles. The molecule has 46 heteroatoms. The number of carbonyl (C=O) groups excluding carboxylic acids is 3. The molecule has 0 radical (unpaired) electrons. The normalized spacial score (nSPS) is 15.4. The summed E-state index contributed by atoms with van der Waals surface area (Å²) in [5.74, 6) is 5.78. The van der Waals surface area contributed by atoms with Crippen molar-refractivity contribution >= 4 is 107 Å². The maximum absolute atomic E-state index is 13.2. The van der Waals surface area contributed by atoms with Crippen LogP contribution in [0, 0.1) is 18.8 Å². The van der Waals surface area contributed by atoms with E-state index in [1.807, 2.05) is 57.2 Å². The summed E-state index contributed by atoms with van der Waals surface area (Å²) in [5, 5.41) is 18.7. The lowest BCUT2D eigenvalue weighted by atomic mass is 9.90. The van der Waals surface area contributed by atoms with Crippen LogP contribution in [0.2, 0.25) is 0 Å². The first-order chi connectivity index (χ1) is 46.2. The van der Waals surface area contributed by atoms with Crippen LogP contribution in [0.5, 0.6) is 0 Å². The molecule has 1 saturated heterocycles. The third-order valence-corrected chi connectivity index (χ3v) is 19.3. The molecular weight excluding hydrogens is 1450 g/mol. The molecule has 2 aliphatic heterocycles. The van der Waals surface area contributed by atoms with Crippen molar-refractivity contribution in [3.63, 3.8) is 0 Å². The topological polar surface area (TPSA) is 589 Å². The van der Waals surface area contributed by atoms with Crippen LogP contribution in [0.4, 0.5) is 21.1 Å². The van der Waals surface area contributed by atoms with Crippen LogP contribution in [0.3, 0.4) is 0 Å². The third-order valence-electron chi connectivity index (χ3n) is 12.5. The van der Waals surface area contributed by atoms with Crippen molar-refractivity contribution in [2.45, 2.75) is 69.6 Å². The largest absolute Gasteiger partial charge is 0.490 e. The summed E-state index contributed by atoms with van der Waals surface area (Å²) in [5.41, 5.74) is 25.0. The number of nitrogen functional groups attached to an aromatic ring is 2. The molecule has 3 amide bonds. The number of phosphoric ester groups is 1. The number of nitrogens with two attached hydrogens (primary N) is 3. The Hall–Kier alpha value is -7.36. The fourth-order valence-corrected chi connectivity index (χ4v) is 13.6. The minimum absolute atomic E-state index is 0.0177. The minimum Gasteiger partial charge on any atom is -0.456 e. The van der Waals surface area contributed by atoms with E-state index in [0.29, 0.717) is 59.8 Å². The summed E-state index contributed by atoms with van der Waals surface area (Å²) in [4.78, 5) is 93.7. The number of carbonyl (C=O) groups is 3. The van der Waals surface area contributed by atoms with Gasteiger partial charge in [-0.05, 0) is 87.0 Å². The Morgan fingerprint density at radius 3 is 2.19 bits per heavy atom. The molecule has 538 valence electrons. The molecule has 3 aliphatic rings. The van der Waals surface area contributed by atoms with Crippen LogP contribution in [-0.2, 0) is 81.2 Å². The Labute approximate surface area is 568 Å². The molecule has 0 spiro atoms. The van der Waals surface area contributed by atoms with Gasteiger partial charge in [0.1, 0.15) is 42.2 Å². The highest BCUT2D eigenvalue weighted by Gasteiger charge is 2.44. The van der Waals surface area contributed by atoms with E-state index in [2.05, 4.69) is 55.9 Å². The van der Waals surface area contributed by atoms with Crippen LogP contribution in [0.15, 0.2) is 75.1 Å². The second-order valence-electron chi connectivity index (χ2n) is 20.3. The molecule has 1 aliphatic carbocycles. The average molecular weight is 1520 g/mol. The van der Waals surface area contributed by atoms with E-state index in [-0.39, 0.29) is 87.7 Å². The maximum Gasteiger partial charge on any atom is 0.490 e. The van der Waals surface area contributed by atoms with E-state index in [1.54, 1.807) is 29.0 Å². The number of alkyl carbamates (subject to hydrolysis) is 2. The van der Waals surface area contributed by atoms with Gasteiger partial charge in [-0.2, -0.15) is 13.6 Å². The van der Waals surface area contributed by atoms with E-state index < -0.39 is 94.3 Å². The van der Waals surface area contributed by atoms with Crippen molar-refractivity contribution < 1.29 is 129 Å². The van der Waals surface area contributed by atoms with Gasteiger partial charge in [0, 0.05) is 81.9 Å². The van der Waals surface area contributed by atoms with Crippen molar-refractivity contribution in [3.05, 3.63) is 104 Å². The van der Waals surface area contributed by atoms with Gasteiger partial charge in [0.25, 0.3) is 5.91 Å². The van der Waals surface area contributed by atoms with Gasteiger partial charge in [-0.3, -0.25) is 19.3 Å². The number of hydrogen-bond donors (Lipinski definition) is 10. The molecule has 2 aromatic carbocycles. The highest BCUT2D eigenvalue weighted by Crippen LogP contribution is 2.66. The number of benzene rings is 3. The number of aromatic nitrogens is 2. The van der Waals surface area contributed by atoms with Gasteiger partial charge in [0.15, 0.2) is 5.36 Å². The standard InChI is InChI=1S/C52H68N11O22P3S2.2O3S/c1-33-8-9-34(25-40(33)46-38-12-10-36(53)26-41(38)82-42-27-37(54)11-13-39(42)46)48(64)57-16-21-75-23-24-76-22-17-59-51(67)79-20-14-52(2,3)90-89-32-77-18-4-5-19-78-50(66)58-15-6-7-35-29-63(49(65)61-47(35)55)45-28-43(80-31-60-62-56)44(83-45)30-81-87(71,72)85-88(73,74)84-86(68,69)70;2*1-4(2)3/h8-13,25-27,29,43-45,53H,4-5,14-24,28,30-32,54H2,1-3H3,(H,57,64)(H,58,66)(H,59,67)(H,71,72)(H,73,74)(H2,55,61,65)(H2,68,69,70);;/p+1/t43?,44-,45-;;/m1../s1. The van der Waals surface area contributed by atoms with Gasteiger partial charge in [0.05, 0.1) is 70.5 Å². The molecule has 1 fully saturated rings. The number of fused-ring (bicyclic) bond motifs is 2. The fourth-order valence-electron chi connectivity index (χ4n) is 8.28. The van der Waals surface area contributed by atoms with Crippen LogP contribution in [0.25, 0.3) is 43.9 Å². The molecule has 3 aromatic rings. The van der Waals surface area contributed by atoms with Gasteiger partial charge in [-0.15, -0.1) is 25.3 Å². The smallest absolute Gasteiger partial charge is 0.456 e. The van der Waals surface area contributed by atoms with E-state index >= 15 is 0 Å². The lowest BCUT2D eigenvalue weighted by molar-refractivity contribution is -0.172. The number of phosphoric acid groups is 3. The Morgan fingerprint density at radius 1 is 0.847 bits per heavy atom. The lowest BCUT2D eigenvalue weighted by Gasteiger charge is -2.22. The number of rotatable bonds is 35. The van der Waals surface area contributed by atoms with E-state index in [1.165, 1.54) is 17.0 Å². The molecule has 98 heavy (non-hydrogen) atoms. The third kappa shape index (κ3) is 31.7. The molecule has 3 unspecified atom stereocenters. The molecule has 6 rings (SSSR count). The minimum atomic E-state index is -5.83. The van der Waals surface area contributed by atoms with Crippen molar-refractivity contribution in [1.82, 2.24) is 25.5 Å². The zero-order chi connectivity index (χ0) is 72.6. The predicted molar refractivity (Wildman–Crippen MR) is 345 cm³/mol. The number of anilines is 2. The molecule has 13 N–H and O–H groups in total. The summed E-state index contributed by atoms with van der Waals surface area (Å²) >= 11 is 0. The van der Waals surface area contributed by atoms with Crippen molar-refractivity contribution in [3.8, 4) is 34.3 Å². The number of ether oxygens (including phenoxy) is 7. The number of nitrogens with zero attached hydrogens (tertiary/aromatic N) is 5. The average Bonchev–Trinajstić information content (AvgIpc) is 0.878. The van der Waals surface area contributed by atoms with Crippen LogP contribution in [-0.4, -0.2) is 175 Å². The summed E-state index contributed by atoms with van der Waals surface area (Å²) in [6, 6.07) is 16.5. The monoisotopic (exact) mass is 1520 g/mol. The summed E-state index contributed by atoms with van der Waals surface area (Å²) in [7, 11) is -20.2. The van der Waals surface area contributed by atoms with Crippen molar-refractivity contribution in [1.29, 1.82) is 0 Å². The maximum atomic E-state index is 13.2. The Bertz CT molecular complexity index is 4120. The fraction of sp³-hybridized carbons (Fsp3) is 0.462. The molecule has 0 bridgehead atoms. The lowest BCUT2D eigenvalue weighted by Crippen LogP contribution is -2.44. The second-order valence-corrected chi connectivity index (χ2v) is 28.4. The Balaban J connectivity index is 0.00000241. The van der Waals surface area contributed by atoms with Crippen LogP contribution < -0.4 is 43.9 Å². The van der Waals surface area contributed by atoms with E-state index in [4.69, 9.17) is 95.0 Å². The Morgan fingerprint density at radius 2 is 1.51 bits per heavy atom. The van der Waals surface area contributed by atoms with Crippen molar-refractivity contribution in [2.75, 3.05) is 96.6 Å². The molecule has 5 atom stereocenters. The SMILES string of the molecule is Cc1ccc(C(=O)NCCOCCOCCNC(=O)OCCC(C)(C)SSCOCCCCOC(=O)NCC#Cc2cn([C@H]3CC(OCN=[N+]=[N-])[C@@H](COP(=O)(O)OP(=O)(O)OP(=O)(O)O)O3)c(=O)nc2N)cc1-c1c2ccc(=[NH2+])cc-2oc2cc(N)ccc12.O=S(=O)=O.O=S(=O)=O. The number of hydrogen-bond acceptors (Lipinski definition) is 30. The Kier molecular flexibility index (Phi) is 35.0. The molecule has 0 saturated carbocycles. The highest BCUT2D eigenvalue weighted by atomic mass is 33.1. The summed E-state index contributed by atoms with van der Waals surface area (Å²) in [6.07, 6.45) is -2.38. The van der Waals surface area contributed by atoms with Crippen molar-refractivity contribution in [2.24, 2.45) is 5.11 Å². The predicted octanol–water partition coefficient (Wildman–Crippen LogP) is 2.74. The highest BCUT2D eigenvalue weighted by molar-refractivity contribution is 8.77. The van der Waals surface area contributed by atoms with Crippen LogP contribution >= 0.6 is 45.1 Å². The quantitative estimate of drug-likeness (QED) is 0.00266. The van der Waals surface area contributed by atoms with Gasteiger partial charge >= 0.3 is 62.6 Å². The zero-order valence-corrected chi connectivity index (χ0v) is 58.0. The van der Waals surface area contributed by atoms with Gasteiger partial charge < -0.3 is 84.6 Å². The first kappa shape index (κ1) is 83.1. The summed E-state index contributed by atoms with van der Waals surface area (Å²) in [6.45, 7) is 6.61. The number of azide groups is 1. The second kappa shape index (κ2) is 41.3. The van der Waals surface area contributed by atoms with Gasteiger partial charge in [-0.25, -0.2) is 28.1 Å². The molecular formula is C52H69N11O28P3S4+. The number of nitrogens with one attached hydrogen (secondary N) is 3. The number of amides is 3. The first-order valence-corrected chi connectivity index (χ1v) is 37.1. The first-order valence-electron chi connectivity index (χ1n) is 28.2. The molecule has 1 aromatic heterocycles. The number of aryl methyl sites for hydroxylation is 1. The summed E-state index contributed by atoms with van der Waals surface area (Å²) < 4.78 is 143. The van der Waals surface area contributed by atoms with E-state index in [0.717, 1.165) is 32.2 Å². The zero-order valence-electron chi connectivity index (χ0n) is 52.1.